The summed E-state index contributed by atoms with van der Waals surface area (Å²) in [7, 11) is -3.00. The highest BCUT2D eigenvalue weighted by atomic mass is 32.2. The van der Waals surface area contributed by atoms with Crippen molar-refractivity contribution >= 4 is 20.7 Å². The summed E-state index contributed by atoms with van der Waals surface area (Å²) in [4.78, 5) is 4.38. The number of hydrogen-bond donors (Lipinski definition) is 0. The second kappa shape index (κ2) is 7.67. The molecular weight excluding hydrogens is 342 g/mol. The fourth-order valence-electron chi connectivity index (χ4n) is 3.90. The molecule has 0 atom stereocenters. The molecule has 26 heavy (non-hydrogen) atoms. The first-order chi connectivity index (χ1) is 12.2. The van der Waals surface area contributed by atoms with Crippen LogP contribution in [0.25, 0.3) is 10.9 Å². The molecule has 0 aliphatic heterocycles. The van der Waals surface area contributed by atoms with E-state index in [-0.39, 0.29) is 0 Å². The normalized spacial score (nSPS) is 21.8. The van der Waals surface area contributed by atoms with E-state index in [9.17, 15) is 8.42 Å². The van der Waals surface area contributed by atoms with Gasteiger partial charge in [-0.15, -0.1) is 0 Å². The van der Waals surface area contributed by atoms with Crippen LogP contribution < -0.4 is 0 Å². The number of fused-ring (bicyclic) bond motifs is 1. The molecule has 142 valence electrons. The van der Waals surface area contributed by atoms with E-state index in [1.807, 2.05) is 33.0 Å². The zero-order chi connectivity index (χ0) is 18.8. The Kier molecular flexibility index (Phi) is 5.71. The van der Waals surface area contributed by atoms with Crippen LogP contribution in [-0.2, 0) is 16.3 Å². The second-order valence-electron chi connectivity index (χ2n) is 8.85. The molecule has 1 aliphatic carbocycles. The maximum Gasteiger partial charge on any atom is 0.155 e. The Labute approximate surface area is 158 Å². The van der Waals surface area contributed by atoms with Crippen molar-refractivity contribution < 1.29 is 8.42 Å². The average Bonchev–Trinajstić information content (AvgIpc) is 2.60. The zero-order valence-corrected chi connectivity index (χ0v) is 17.1. The summed E-state index contributed by atoms with van der Waals surface area (Å²) in [5, 5.41) is 1.21. The molecule has 0 unspecified atom stereocenters. The van der Waals surface area contributed by atoms with Crippen molar-refractivity contribution in [1.29, 1.82) is 0 Å². The predicted octanol–water partition coefficient (Wildman–Crippen LogP) is 5.19. The Morgan fingerprint density at radius 3 is 2.42 bits per heavy atom. The van der Waals surface area contributed by atoms with Crippen molar-refractivity contribution in [3.05, 3.63) is 42.1 Å². The van der Waals surface area contributed by atoms with Gasteiger partial charge in [0.05, 0.1) is 16.0 Å². The van der Waals surface area contributed by atoms with Crippen LogP contribution in [0.2, 0.25) is 0 Å². The molecule has 0 amide bonds. The number of benzene rings is 1. The number of aryl methyl sites for hydroxylation is 1. The molecule has 1 heterocycles. The highest BCUT2D eigenvalue weighted by Gasteiger charge is 2.33. The van der Waals surface area contributed by atoms with Gasteiger partial charge in [0.1, 0.15) is 0 Å². The van der Waals surface area contributed by atoms with Gasteiger partial charge in [0.25, 0.3) is 0 Å². The Morgan fingerprint density at radius 2 is 1.73 bits per heavy atom. The summed E-state index contributed by atoms with van der Waals surface area (Å²) in [5.74, 6) is 1.44. The summed E-state index contributed by atoms with van der Waals surface area (Å²) in [6, 6.07) is 10.7. The molecule has 0 spiro atoms. The average molecular weight is 374 g/mol. The van der Waals surface area contributed by atoms with Gasteiger partial charge >= 0.3 is 0 Å². The first-order valence-electron chi connectivity index (χ1n) is 9.80. The largest absolute Gasteiger partial charge is 0.256 e. The Hall–Kier alpha value is -1.42. The highest BCUT2D eigenvalue weighted by Crippen LogP contribution is 2.34. The van der Waals surface area contributed by atoms with Crippen molar-refractivity contribution in [3.63, 3.8) is 0 Å². The van der Waals surface area contributed by atoms with Crippen molar-refractivity contribution in [2.75, 3.05) is 5.75 Å². The molecule has 1 aromatic carbocycles. The lowest BCUT2D eigenvalue weighted by Gasteiger charge is -2.30. The van der Waals surface area contributed by atoms with Crippen LogP contribution in [0.4, 0.5) is 0 Å². The third-order valence-corrected chi connectivity index (χ3v) is 8.64. The first kappa shape index (κ1) is 19.3. The molecule has 3 rings (SSSR count). The lowest BCUT2D eigenvalue weighted by molar-refractivity contribution is 0.278. The van der Waals surface area contributed by atoms with Crippen LogP contribution >= 0.6 is 0 Å². The fraction of sp³-hybridized carbons (Fsp3) is 0.591. The van der Waals surface area contributed by atoms with Crippen LogP contribution in [-0.4, -0.2) is 23.9 Å². The van der Waals surface area contributed by atoms with Gasteiger partial charge in [-0.05, 0) is 82.1 Å². The minimum absolute atomic E-state index is 0.349. The van der Waals surface area contributed by atoms with E-state index >= 15 is 0 Å². The number of nitrogens with zero attached hydrogens (tertiary/aromatic N) is 1. The molecule has 3 nitrogen and oxygen atoms in total. The lowest BCUT2D eigenvalue weighted by atomic mass is 9.80. The zero-order valence-electron chi connectivity index (χ0n) is 16.2. The van der Waals surface area contributed by atoms with Crippen molar-refractivity contribution in [2.45, 2.75) is 64.0 Å². The van der Waals surface area contributed by atoms with Gasteiger partial charge in [0.15, 0.2) is 9.84 Å². The van der Waals surface area contributed by atoms with Gasteiger partial charge in [-0.2, -0.15) is 0 Å². The van der Waals surface area contributed by atoms with Gasteiger partial charge in [0, 0.05) is 11.6 Å². The quantitative estimate of drug-likeness (QED) is 0.725. The molecule has 1 aromatic heterocycles. The predicted molar refractivity (Wildman–Crippen MR) is 109 cm³/mol. The summed E-state index contributed by atoms with van der Waals surface area (Å²) in [6.45, 7) is 5.44. The summed E-state index contributed by atoms with van der Waals surface area (Å²) in [6.07, 6.45) is 8.58. The number of hydrogen-bond acceptors (Lipinski definition) is 3. The Bertz CT molecular complexity index is 844. The van der Waals surface area contributed by atoms with Crippen molar-refractivity contribution in [1.82, 2.24) is 4.98 Å². The lowest BCUT2D eigenvalue weighted by Crippen LogP contribution is -2.34. The van der Waals surface area contributed by atoms with Crippen LogP contribution in [0, 0.1) is 11.8 Å². The van der Waals surface area contributed by atoms with E-state index in [1.54, 1.807) is 0 Å². The van der Waals surface area contributed by atoms with E-state index < -0.39 is 14.6 Å². The Balaban J connectivity index is 1.49. The van der Waals surface area contributed by atoms with Crippen LogP contribution in [0.1, 0.15) is 58.4 Å². The summed E-state index contributed by atoms with van der Waals surface area (Å²) >= 11 is 0. The molecule has 2 aromatic rings. The van der Waals surface area contributed by atoms with Crippen molar-refractivity contribution in [2.24, 2.45) is 11.8 Å². The number of rotatable bonds is 5. The SMILES string of the molecule is CC(C)(C)S(=O)(=O)CC1CCC(CCc2ccc3ncccc3c2)CC1. The Morgan fingerprint density at radius 1 is 1.04 bits per heavy atom. The van der Waals surface area contributed by atoms with Gasteiger partial charge in [-0.1, -0.05) is 25.0 Å². The van der Waals surface area contributed by atoms with Gasteiger partial charge in [-0.25, -0.2) is 8.42 Å². The van der Waals surface area contributed by atoms with Crippen LogP contribution in [0.15, 0.2) is 36.5 Å². The van der Waals surface area contributed by atoms with Crippen molar-refractivity contribution in [3.8, 4) is 0 Å². The van der Waals surface area contributed by atoms with E-state index in [0.29, 0.717) is 11.7 Å². The van der Waals surface area contributed by atoms with Crippen LogP contribution in [0.3, 0.4) is 0 Å². The summed E-state index contributed by atoms with van der Waals surface area (Å²) in [5.41, 5.74) is 2.43. The first-order valence-corrected chi connectivity index (χ1v) is 11.5. The van der Waals surface area contributed by atoms with E-state index in [2.05, 4.69) is 29.2 Å². The fourth-order valence-corrected chi connectivity index (χ4v) is 5.35. The minimum Gasteiger partial charge on any atom is -0.256 e. The standard InChI is InChI=1S/C22H31NO2S/c1-22(2,3)26(24,25)16-19-10-7-17(8-11-19)6-9-18-12-13-21-20(15-18)5-4-14-23-21/h4-5,12-15,17,19H,6-11,16H2,1-3H3. The number of pyridine rings is 1. The summed E-state index contributed by atoms with van der Waals surface area (Å²) < 4.78 is 24.2. The van der Waals surface area contributed by atoms with Gasteiger partial charge < -0.3 is 0 Å². The van der Waals surface area contributed by atoms with E-state index in [0.717, 1.165) is 30.7 Å². The minimum atomic E-state index is -3.00. The van der Waals surface area contributed by atoms with E-state index in [1.165, 1.54) is 30.2 Å². The molecule has 0 saturated heterocycles. The number of aromatic nitrogens is 1. The van der Waals surface area contributed by atoms with Gasteiger partial charge in [-0.3, -0.25) is 4.98 Å². The topological polar surface area (TPSA) is 47.0 Å². The number of sulfone groups is 1. The third kappa shape index (κ3) is 4.64. The van der Waals surface area contributed by atoms with Crippen LogP contribution in [0.5, 0.6) is 0 Å². The molecule has 1 aliphatic rings. The highest BCUT2D eigenvalue weighted by molar-refractivity contribution is 7.92. The second-order valence-corrected chi connectivity index (χ2v) is 11.6. The molecule has 4 heteroatoms. The maximum absolute atomic E-state index is 12.4. The molecule has 0 bridgehead atoms. The molecule has 1 fully saturated rings. The molecule has 1 saturated carbocycles. The monoisotopic (exact) mass is 373 g/mol. The molecule has 0 radical (unpaired) electrons. The molecular formula is C22H31NO2S. The maximum atomic E-state index is 12.4. The third-order valence-electron chi connectivity index (χ3n) is 5.86. The van der Waals surface area contributed by atoms with E-state index in [4.69, 9.17) is 0 Å². The smallest absolute Gasteiger partial charge is 0.155 e. The van der Waals surface area contributed by atoms with Gasteiger partial charge in [0.2, 0.25) is 0 Å². The molecule has 0 N–H and O–H groups in total.